The first-order valence-electron chi connectivity index (χ1n) is 5.61. The van der Waals surface area contributed by atoms with Gasteiger partial charge in [0.25, 0.3) is 0 Å². The summed E-state index contributed by atoms with van der Waals surface area (Å²) >= 11 is 0. The molecule has 0 bridgehead atoms. The van der Waals surface area contributed by atoms with Gasteiger partial charge >= 0.3 is 0 Å². The maximum atomic E-state index is 13.7. The number of para-hydroxylation sites is 1. The highest BCUT2D eigenvalue weighted by molar-refractivity contribution is 5.84. The van der Waals surface area contributed by atoms with E-state index in [1.807, 2.05) is 30.7 Å². The minimum absolute atomic E-state index is 0.165. The monoisotopic (exact) mass is 221 g/mol. The molecule has 0 amide bonds. The van der Waals surface area contributed by atoms with E-state index in [1.165, 1.54) is 6.07 Å². The molecular weight excluding hydrogens is 205 g/mol. The van der Waals surface area contributed by atoms with Crippen molar-refractivity contribution in [3.05, 3.63) is 35.8 Å². The SMILES string of the molecule is CCOCc1cn(CC)c2c(F)cccc12. The summed E-state index contributed by atoms with van der Waals surface area (Å²) in [4.78, 5) is 0. The summed E-state index contributed by atoms with van der Waals surface area (Å²) in [5.41, 5.74) is 1.73. The molecular formula is C13H16FNO. The fourth-order valence-electron chi connectivity index (χ4n) is 1.97. The van der Waals surface area contributed by atoms with Crippen LogP contribution in [0.3, 0.4) is 0 Å². The minimum Gasteiger partial charge on any atom is -0.377 e. The molecule has 0 atom stereocenters. The van der Waals surface area contributed by atoms with Crippen molar-refractivity contribution in [1.82, 2.24) is 4.57 Å². The number of aromatic nitrogens is 1. The molecule has 2 nitrogen and oxygen atoms in total. The van der Waals surface area contributed by atoms with E-state index in [1.54, 1.807) is 6.07 Å². The van der Waals surface area contributed by atoms with Crippen LogP contribution in [0.25, 0.3) is 10.9 Å². The number of benzene rings is 1. The van der Waals surface area contributed by atoms with Gasteiger partial charge in [-0.3, -0.25) is 0 Å². The second-order valence-electron chi connectivity index (χ2n) is 3.71. The topological polar surface area (TPSA) is 14.2 Å². The molecule has 3 heteroatoms. The zero-order valence-corrected chi connectivity index (χ0v) is 9.66. The van der Waals surface area contributed by atoms with E-state index in [9.17, 15) is 4.39 Å². The summed E-state index contributed by atoms with van der Waals surface area (Å²) in [5.74, 6) is -0.165. The van der Waals surface area contributed by atoms with E-state index >= 15 is 0 Å². The van der Waals surface area contributed by atoms with E-state index in [-0.39, 0.29) is 5.82 Å². The molecule has 0 saturated heterocycles. The lowest BCUT2D eigenvalue weighted by Crippen LogP contribution is -1.93. The van der Waals surface area contributed by atoms with Crippen LogP contribution in [0.2, 0.25) is 0 Å². The van der Waals surface area contributed by atoms with Crippen molar-refractivity contribution in [3.8, 4) is 0 Å². The Labute approximate surface area is 94.6 Å². The number of hydrogen-bond donors (Lipinski definition) is 0. The molecule has 0 fully saturated rings. The van der Waals surface area contributed by atoms with Crippen molar-refractivity contribution in [3.63, 3.8) is 0 Å². The van der Waals surface area contributed by atoms with Gasteiger partial charge in [-0.2, -0.15) is 0 Å². The standard InChI is InChI=1S/C13H16FNO/c1-3-15-8-10(9-16-4-2)11-6-5-7-12(14)13(11)15/h5-8H,3-4,9H2,1-2H3. The lowest BCUT2D eigenvalue weighted by atomic mass is 10.2. The van der Waals surface area contributed by atoms with Gasteiger partial charge in [0.15, 0.2) is 0 Å². The van der Waals surface area contributed by atoms with Crippen LogP contribution in [0.15, 0.2) is 24.4 Å². The van der Waals surface area contributed by atoms with Gasteiger partial charge in [-0.25, -0.2) is 4.39 Å². The molecule has 1 aromatic heterocycles. The third-order valence-corrected chi connectivity index (χ3v) is 2.73. The molecule has 1 aromatic carbocycles. The molecule has 2 aromatic rings. The largest absolute Gasteiger partial charge is 0.377 e. The molecule has 0 unspecified atom stereocenters. The van der Waals surface area contributed by atoms with Crippen LogP contribution in [-0.2, 0) is 17.9 Å². The van der Waals surface area contributed by atoms with Gasteiger partial charge in [0.1, 0.15) is 5.82 Å². The van der Waals surface area contributed by atoms with Crippen LogP contribution < -0.4 is 0 Å². The van der Waals surface area contributed by atoms with Crippen LogP contribution in [-0.4, -0.2) is 11.2 Å². The number of ether oxygens (including phenoxy) is 1. The zero-order chi connectivity index (χ0) is 11.5. The Hall–Kier alpha value is -1.35. The lowest BCUT2D eigenvalue weighted by Gasteiger charge is -2.00. The van der Waals surface area contributed by atoms with Gasteiger partial charge in [-0.15, -0.1) is 0 Å². The fraction of sp³-hybridized carbons (Fsp3) is 0.385. The highest BCUT2D eigenvalue weighted by atomic mass is 19.1. The van der Waals surface area contributed by atoms with E-state index in [2.05, 4.69) is 0 Å². The summed E-state index contributed by atoms with van der Waals surface area (Å²) < 4.78 is 21.0. The van der Waals surface area contributed by atoms with Crippen molar-refractivity contribution in [2.45, 2.75) is 27.0 Å². The van der Waals surface area contributed by atoms with Crippen LogP contribution in [0.1, 0.15) is 19.4 Å². The first-order valence-corrected chi connectivity index (χ1v) is 5.61. The molecule has 2 rings (SSSR count). The van der Waals surface area contributed by atoms with Crippen LogP contribution in [0, 0.1) is 5.82 Å². The second kappa shape index (κ2) is 4.66. The van der Waals surface area contributed by atoms with Crippen LogP contribution in [0.4, 0.5) is 4.39 Å². The summed E-state index contributed by atoms with van der Waals surface area (Å²) in [6, 6.07) is 5.19. The van der Waals surface area contributed by atoms with Crippen molar-refractivity contribution in [1.29, 1.82) is 0 Å². The third kappa shape index (κ3) is 1.83. The van der Waals surface area contributed by atoms with Gasteiger partial charge < -0.3 is 9.30 Å². The minimum atomic E-state index is -0.165. The van der Waals surface area contributed by atoms with Gasteiger partial charge in [-0.1, -0.05) is 12.1 Å². The number of hydrogen-bond acceptors (Lipinski definition) is 1. The Morgan fingerprint density at radius 1 is 1.31 bits per heavy atom. The Bertz CT molecular complexity index is 490. The lowest BCUT2D eigenvalue weighted by molar-refractivity contribution is 0.135. The van der Waals surface area contributed by atoms with Gasteiger partial charge in [0.05, 0.1) is 12.1 Å². The molecule has 0 saturated carbocycles. The summed E-state index contributed by atoms with van der Waals surface area (Å²) in [7, 11) is 0. The Morgan fingerprint density at radius 2 is 2.12 bits per heavy atom. The van der Waals surface area contributed by atoms with Crippen molar-refractivity contribution < 1.29 is 9.13 Å². The van der Waals surface area contributed by atoms with E-state index in [0.29, 0.717) is 18.7 Å². The first kappa shape index (κ1) is 11.1. The Kier molecular flexibility index (Phi) is 3.25. The molecule has 0 aliphatic carbocycles. The van der Waals surface area contributed by atoms with Gasteiger partial charge in [0.2, 0.25) is 0 Å². The maximum absolute atomic E-state index is 13.7. The number of rotatable bonds is 4. The summed E-state index contributed by atoms with van der Waals surface area (Å²) in [5, 5.41) is 0.954. The molecule has 0 spiro atoms. The number of nitrogens with zero attached hydrogens (tertiary/aromatic N) is 1. The smallest absolute Gasteiger partial charge is 0.147 e. The van der Waals surface area contributed by atoms with Crippen molar-refractivity contribution in [2.75, 3.05) is 6.61 Å². The molecule has 1 heterocycles. The van der Waals surface area contributed by atoms with E-state index in [0.717, 1.165) is 17.5 Å². The highest BCUT2D eigenvalue weighted by Gasteiger charge is 2.10. The highest BCUT2D eigenvalue weighted by Crippen LogP contribution is 2.24. The Balaban J connectivity index is 2.54. The molecule has 0 aliphatic heterocycles. The molecule has 0 radical (unpaired) electrons. The predicted molar refractivity (Wildman–Crippen MR) is 62.9 cm³/mol. The van der Waals surface area contributed by atoms with Crippen LogP contribution >= 0.6 is 0 Å². The fourth-order valence-corrected chi connectivity index (χ4v) is 1.97. The second-order valence-corrected chi connectivity index (χ2v) is 3.71. The summed E-state index contributed by atoms with van der Waals surface area (Å²) in [6.07, 6.45) is 1.98. The van der Waals surface area contributed by atoms with Crippen molar-refractivity contribution >= 4 is 10.9 Å². The normalized spacial score (nSPS) is 11.2. The quantitative estimate of drug-likeness (QED) is 0.772. The molecule has 16 heavy (non-hydrogen) atoms. The number of halogens is 1. The predicted octanol–water partition coefficient (Wildman–Crippen LogP) is 3.34. The average molecular weight is 221 g/mol. The number of fused-ring (bicyclic) bond motifs is 1. The van der Waals surface area contributed by atoms with E-state index in [4.69, 9.17) is 4.74 Å². The van der Waals surface area contributed by atoms with Gasteiger partial charge in [-0.05, 0) is 19.9 Å². The number of aryl methyl sites for hydroxylation is 1. The summed E-state index contributed by atoms with van der Waals surface area (Å²) in [6.45, 7) is 5.96. The van der Waals surface area contributed by atoms with Crippen LogP contribution in [0.5, 0.6) is 0 Å². The first-order chi connectivity index (χ1) is 7.77. The average Bonchev–Trinajstić information content (AvgIpc) is 2.66. The molecule has 86 valence electrons. The maximum Gasteiger partial charge on any atom is 0.147 e. The molecule has 0 aliphatic rings. The van der Waals surface area contributed by atoms with Gasteiger partial charge in [0, 0.05) is 30.3 Å². The zero-order valence-electron chi connectivity index (χ0n) is 9.66. The van der Waals surface area contributed by atoms with E-state index < -0.39 is 0 Å². The van der Waals surface area contributed by atoms with Crippen molar-refractivity contribution in [2.24, 2.45) is 0 Å². The Morgan fingerprint density at radius 3 is 2.81 bits per heavy atom. The molecule has 0 N–H and O–H groups in total. The third-order valence-electron chi connectivity index (χ3n) is 2.73.